The normalized spacial score (nSPS) is 14.0. The Labute approximate surface area is 209 Å². The number of nitrogens with one attached hydrogen (secondary N) is 1. The van der Waals surface area contributed by atoms with Crippen LogP contribution in [-0.2, 0) is 28.8 Å². The number of aryl methyl sites for hydroxylation is 2. The smallest absolute Gasteiger partial charge is 0.341 e. The van der Waals surface area contributed by atoms with E-state index in [0.29, 0.717) is 20.6 Å². The van der Waals surface area contributed by atoms with Gasteiger partial charge < -0.3 is 10.1 Å². The third-order valence-electron chi connectivity index (χ3n) is 5.67. The average molecular weight is 514 g/mol. The molecule has 176 valence electrons. The Bertz CT molecular complexity index is 1320. The first-order chi connectivity index (χ1) is 16.6. The Morgan fingerprint density at radius 1 is 1.21 bits per heavy atom. The molecule has 1 amide bonds. The summed E-state index contributed by atoms with van der Waals surface area (Å²) in [6, 6.07) is 9.35. The Hall–Kier alpha value is -2.56. The number of nitrogens with zero attached hydrogens (tertiary/aromatic N) is 2. The van der Waals surface area contributed by atoms with Crippen LogP contribution < -0.4 is 10.9 Å². The minimum absolute atomic E-state index is 0.0655. The van der Waals surface area contributed by atoms with Crippen molar-refractivity contribution in [2.24, 2.45) is 0 Å². The molecule has 3 aromatic rings. The number of hydrogen-bond donors (Lipinski definition) is 1. The molecule has 0 unspecified atom stereocenters. The molecule has 1 aromatic carbocycles. The predicted octanol–water partition coefficient (Wildman–Crippen LogP) is 4.34. The van der Waals surface area contributed by atoms with Crippen molar-refractivity contribution in [2.45, 2.75) is 42.7 Å². The number of amides is 1. The number of fused-ring (bicyclic) bond motifs is 2. The van der Waals surface area contributed by atoms with Gasteiger partial charge in [-0.3, -0.25) is 14.2 Å². The molecule has 1 N–H and O–H groups in total. The van der Waals surface area contributed by atoms with Gasteiger partial charge in [-0.1, -0.05) is 30.0 Å². The van der Waals surface area contributed by atoms with Crippen LogP contribution in [0.2, 0.25) is 0 Å². The number of ether oxygens (including phenoxy) is 1. The molecule has 2 aromatic heterocycles. The van der Waals surface area contributed by atoms with Crippen LogP contribution in [0.1, 0.15) is 39.8 Å². The molecule has 34 heavy (non-hydrogen) atoms. The molecule has 0 fully saturated rings. The first-order valence-electron chi connectivity index (χ1n) is 11.1. The maximum absolute atomic E-state index is 13.2. The van der Waals surface area contributed by atoms with Crippen molar-refractivity contribution in [1.82, 2.24) is 9.55 Å². The first-order valence-corrected chi connectivity index (χ1v) is 13.9. The fraction of sp³-hybridized carbons (Fsp3) is 0.333. The van der Waals surface area contributed by atoms with E-state index in [2.05, 4.69) is 5.32 Å². The van der Waals surface area contributed by atoms with Crippen LogP contribution in [0.3, 0.4) is 0 Å². The second kappa shape index (κ2) is 9.97. The van der Waals surface area contributed by atoms with Crippen LogP contribution in [0.15, 0.2) is 45.2 Å². The van der Waals surface area contributed by atoms with Gasteiger partial charge in [-0.25, -0.2) is 9.78 Å². The summed E-state index contributed by atoms with van der Waals surface area (Å²) >= 11 is 4.21. The minimum atomic E-state index is -0.388. The highest BCUT2D eigenvalue weighted by atomic mass is 32.2. The number of anilines is 1. The topological polar surface area (TPSA) is 90.3 Å². The molecule has 3 heterocycles. The van der Waals surface area contributed by atoms with E-state index in [1.54, 1.807) is 11.5 Å². The van der Waals surface area contributed by atoms with E-state index >= 15 is 0 Å². The lowest BCUT2D eigenvalue weighted by atomic mass is 10.1. The molecule has 0 radical (unpaired) electrons. The van der Waals surface area contributed by atoms with E-state index in [0.717, 1.165) is 53.3 Å². The molecular formula is C24H23N3O4S3. The molecule has 1 aliphatic heterocycles. The van der Waals surface area contributed by atoms with Crippen LogP contribution in [0.5, 0.6) is 0 Å². The van der Waals surface area contributed by atoms with Crippen LogP contribution >= 0.6 is 34.9 Å². The van der Waals surface area contributed by atoms with Crippen molar-refractivity contribution in [3.63, 3.8) is 0 Å². The van der Waals surface area contributed by atoms with Crippen molar-refractivity contribution in [3.05, 3.63) is 62.4 Å². The summed E-state index contributed by atoms with van der Waals surface area (Å²) in [5, 5.41) is 3.96. The van der Waals surface area contributed by atoms with Crippen molar-refractivity contribution in [1.29, 1.82) is 0 Å². The van der Waals surface area contributed by atoms with Crippen molar-refractivity contribution in [2.75, 3.05) is 23.4 Å². The summed E-state index contributed by atoms with van der Waals surface area (Å²) in [6.07, 6.45) is 3.49. The van der Waals surface area contributed by atoms with Gasteiger partial charge in [0.05, 0.1) is 34.2 Å². The SMILES string of the molecule is CCOC(=O)c1c(NC(=O)CSc2nc3c(c(=O)n2-c2ccccc2)SCC3)sc2c1CCC2. The number of hydrogen-bond acceptors (Lipinski definition) is 8. The van der Waals surface area contributed by atoms with Gasteiger partial charge in [0.25, 0.3) is 5.56 Å². The van der Waals surface area contributed by atoms with Gasteiger partial charge >= 0.3 is 5.97 Å². The number of aromatic nitrogens is 2. The third-order valence-corrected chi connectivity index (χ3v) is 8.92. The highest BCUT2D eigenvalue weighted by Gasteiger charge is 2.29. The summed E-state index contributed by atoms with van der Waals surface area (Å²) < 4.78 is 6.83. The fourth-order valence-corrected chi connectivity index (χ4v) is 7.34. The van der Waals surface area contributed by atoms with Crippen LogP contribution in [-0.4, -0.2) is 39.5 Å². The fourth-order valence-electron chi connectivity index (χ4n) is 4.20. The van der Waals surface area contributed by atoms with Gasteiger partial charge in [0.15, 0.2) is 5.16 Å². The summed E-state index contributed by atoms with van der Waals surface area (Å²) in [5.41, 5.74) is 2.91. The van der Waals surface area contributed by atoms with E-state index in [1.165, 1.54) is 34.9 Å². The van der Waals surface area contributed by atoms with Crippen LogP contribution in [0.25, 0.3) is 5.69 Å². The van der Waals surface area contributed by atoms with Gasteiger partial charge in [-0.05, 0) is 43.9 Å². The number of benzene rings is 1. The third kappa shape index (κ3) is 4.42. The highest BCUT2D eigenvalue weighted by Crippen LogP contribution is 2.39. The Morgan fingerprint density at radius 2 is 2.03 bits per heavy atom. The zero-order valence-electron chi connectivity index (χ0n) is 18.6. The minimum Gasteiger partial charge on any atom is -0.462 e. The molecule has 0 spiro atoms. The summed E-state index contributed by atoms with van der Waals surface area (Å²) in [5.74, 6) is 0.260. The van der Waals surface area contributed by atoms with Crippen molar-refractivity contribution < 1.29 is 14.3 Å². The summed E-state index contributed by atoms with van der Waals surface area (Å²) in [6.45, 7) is 2.06. The lowest BCUT2D eigenvalue weighted by Gasteiger charge is -2.13. The average Bonchev–Trinajstić information content (AvgIpc) is 3.55. The molecule has 7 nitrogen and oxygen atoms in total. The van der Waals surface area contributed by atoms with Gasteiger partial charge in [0.1, 0.15) is 5.00 Å². The number of carbonyl (C=O) groups is 2. The number of para-hydroxylation sites is 1. The molecule has 1 aliphatic carbocycles. The number of thioether (sulfide) groups is 2. The number of carbonyl (C=O) groups excluding carboxylic acids is 2. The predicted molar refractivity (Wildman–Crippen MR) is 136 cm³/mol. The van der Waals surface area contributed by atoms with Gasteiger partial charge in [-0.2, -0.15) is 0 Å². The monoisotopic (exact) mass is 513 g/mol. The lowest BCUT2D eigenvalue weighted by molar-refractivity contribution is -0.113. The van der Waals surface area contributed by atoms with Crippen molar-refractivity contribution >= 4 is 51.7 Å². The van der Waals surface area contributed by atoms with E-state index < -0.39 is 0 Å². The maximum Gasteiger partial charge on any atom is 0.341 e. The molecule has 0 atom stereocenters. The highest BCUT2D eigenvalue weighted by molar-refractivity contribution is 8.00. The Balaban J connectivity index is 1.39. The Kier molecular flexibility index (Phi) is 6.80. The number of rotatable bonds is 7. The summed E-state index contributed by atoms with van der Waals surface area (Å²) in [4.78, 5) is 45.3. The van der Waals surface area contributed by atoms with Crippen LogP contribution in [0.4, 0.5) is 5.00 Å². The van der Waals surface area contributed by atoms with E-state index in [4.69, 9.17) is 9.72 Å². The quantitative estimate of drug-likeness (QED) is 0.286. The molecule has 0 saturated carbocycles. The molecule has 5 rings (SSSR count). The van der Waals surface area contributed by atoms with Gasteiger partial charge in [-0.15, -0.1) is 23.1 Å². The van der Waals surface area contributed by atoms with E-state index in [1.807, 2.05) is 30.3 Å². The second-order valence-corrected chi connectivity index (χ2v) is 11.0. The first kappa shape index (κ1) is 23.2. The lowest BCUT2D eigenvalue weighted by Crippen LogP contribution is -2.24. The molecule has 10 heteroatoms. The number of esters is 1. The zero-order valence-corrected chi connectivity index (χ0v) is 21.0. The Morgan fingerprint density at radius 3 is 2.82 bits per heavy atom. The zero-order chi connectivity index (χ0) is 23.7. The van der Waals surface area contributed by atoms with Crippen LogP contribution in [0, 0.1) is 0 Å². The molecule has 0 bridgehead atoms. The number of thiophene rings is 1. The van der Waals surface area contributed by atoms with Gasteiger partial charge in [0, 0.05) is 17.1 Å². The summed E-state index contributed by atoms with van der Waals surface area (Å²) in [7, 11) is 0. The van der Waals surface area contributed by atoms with E-state index in [-0.39, 0.29) is 29.8 Å². The second-order valence-electron chi connectivity index (χ2n) is 7.86. The molecular weight excluding hydrogens is 490 g/mol. The standard InChI is InChI=1S/C24H23N3O4S3/c1-2-31-23(30)19-15-9-6-10-17(15)34-21(19)26-18(28)13-33-24-25-16-11-12-32-20(16)22(29)27(24)14-7-4-3-5-8-14/h3-5,7-8H,2,6,9-13H2,1H3,(H,26,28). The van der Waals surface area contributed by atoms with Crippen molar-refractivity contribution in [3.8, 4) is 5.69 Å². The molecule has 0 saturated heterocycles. The largest absolute Gasteiger partial charge is 0.462 e. The van der Waals surface area contributed by atoms with Gasteiger partial charge in [0.2, 0.25) is 5.91 Å². The molecule has 2 aliphatic rings. The van der Waals surface area contributed by atoms with E-state index in [9.17, 15) is 14.4 Å². The maximum atomic E-state index is 13.2.